The van der Waals surface area contributed by atoms with E-state index in [0.717, 1.165) is 10.9 Å². The molecule has 0 N–H and O–H groups in total. The Hall–Kier alpha value is -0.416. The molecule has 16 heavy (non-hydrogen) atoms. The molecule has 0 amide bonds. The van der Waals surface area contributed by atoms with Crippen molar-refractivity contribution in [2.75, 3.05) is 0 Å². The molecule has 1 heterocycles. The molecule has 0 saturated carbocycles. The van der Waals surface area contributed by atoms with Gasteiger partial charge in [0.05, 0.1) is 16.1 Å². The monoisotopic (exact) mass is 251 g/mol. The van der Waals surface area contributed by atoms with Crippen LogP contribution < -0.4 is 0 Å². The minimum atomic E-state index is -1.19. The molecule has 0 spiro atoms. The Morgan fingerprint density at radius 1 is 0.938 bits per heavy atom. The molecule has 0 radical (unpaired) electrons. The van der Waals surface area contributed by atoms with Crippen molar-refractivity contribution in [1.29, 1.82) is 0 Å². The van der Waals surface area contributed by atoms with E-state index in [1.807, 2.05) is 0 Å². The zero-order chi connectivity index (χ0) is 12.6. The first-order valence-electron chi connectivity index (χ1n) is 6.06. The Morgan fingerprint density at radius 2 is 1.44 bits per heavy atom. The summed E-state index contributed by atoms with van der Waals surface area (Å²) in [5.41, 5.74) is 2.50. The van der Waals surface area contributed by atoms with Gasteiger partial charge in [0.1, 0.15) is 0 Å². The Labute approximate surface area is 102 Å². The predicted molar refractivity (Wildman–Crippen MR) is 78.4 cm³/mol. The van der Waals surface area contributed by atoms with Gasteiger partial charge in [-0.2, -0.15) is 0 Å². The van der Waals surface area contributed by atoms with E-state index in [0.29, 0.717) is 0 Å². The van der Waals surface area contributed by atoms with Crippen LogP contribution in [0.5, 0.6) is 0 Å². The lowest BCUT2D eigenvalue weighted by Gasteiger charge is -2.38. The molecule has 3 heteroatoms. The van der Waals surface area contributed by atoms with Gasteiger partial charge >= 0.3 is 0 Å². The molecule has 0 atom stereocenters. The number of hydrogen-bond acceptors (Lipinski definition) is 1. The van der Waals surface area contributed by atoms with E-state index < -0.39 is 16.1 Å². The number of hydrogen-bond donors (Lipinski definition) is 0. The first-order chi connectivity index (χ1) is 7.12. The van der Waals surface area contributed by atoms with Gasteiger partial charge in [-0.3, -0.25) is 4.98 Å². The fourth-order valence-corrected chi connectivity index (χ4v) is 15.4. The van der Waals surface area contributed by atoms with Crippen LogP contribution in [0.2, 0.25) is 39.3 Å². The second kappa shape index (κ2) is 4.45. The first-order valence-corrected chi connectivity index (χ1v) is 13.2. The molecule has 90 valence electrons. The highest BCUT2D eigenvalue weighted by atomic mass is 28.4. The van der Waals surface area contributed by atoms with E-state index in [-0.39, 0.29) is 0 Å². The molecule has 0 saturated heterocycles. The zero-order valence-corrected chi connectivity index (χ0v) is 13.8. The number of pyridine rings is 1. The van der Waals surface area contributed by atoms with Crippen LogP contribution in [0.4, 0.5) is 0 Å². The molecule has 1 nitrogen and oxygen atoms in total. The molecule has 0 unspecified atom stereocenters. The van der Waals surface area contributed by atoms with Crippen LogP contribution in [-0.2, 0) is 0 Å². The van der Waals surface area contributed by atoms with Crippen molar-refractivity contribution in [1.82, 2.24) is 4.98 Å². The van der Waals surface area contributed by atoms with Gasteiger partial charge in [0, 0.05) is 11.4 Å². The number of aryl methyl sites for hydroxylation is 1. The van der Waals surface area contributed by atoms with E-state index in [1.165, 1.54) is 5.69 Å². The Kier molecular flexibility index (Phi) is 3.80. The van der Waals surface area contributed by atoms with Gasteiger partial charge < -0.3 is 0 Å². The molecule has 0 aliphatic rings. The number of aromatic nitrogens is 1. The van der Waals surface area contributed by atoms with E-state index in [1.54, 1.807) is 0 Å². The van der Waals surface area contributed by atoms with Crippen LogP contribution >= 0.6 is 0 Å². The fourth-order valence-electron chi connectivity index (χ4n) is 2.91. The van der Waals surface area contributed by atoms with E-state index in [2.05, 4.69) is 64.4 Å². The molecule has 0 fully saturated rings. The summed E-state index contributed by atoms with van der Waals surface area (Å²) in [7, 11) is -2.37. The van der Waals surface area contributed by atoms with E-state index in [4.69, 9.17) is 4.98 Å². The van der Waals surface area contributed by atoms with Crippen LogP contribution in [0.25, 0.3) is 0 Å². The average molecular weight is 252 g/mol. The summed E-state index contributed by atoms with van der Waals surface area (Å²) < 4.78 is 0. The van der Waals surface area contributed by atoms with Crippen LogP contribution in [0, 0.1) is 6.92 Å². The summed E-state index contributed by atoms with van der Waals surface area (Å²) >= 11 is 0. The van der Waals surface area contributed by atoms with Crippen LogP contribution in [0.3, 0.4) is 0 Å². The molecular weight excluding hydrogens is 226 g/mol. The van der Waals surface area contributed by atoms with Crippen molar-refractivity contribution in [3.05, 3.63) is 29.6 Å². The van der Waals surface area contributed by atoms with Gasteiger partial charge in [-0.25, -0.2) is 0 Å². The van der Waals surface area contributed by atoms with Crippen LogP contribution in [0.15, 0.2) is 18.2 Å². The van der Waals surface area contributed by atoms with Crippen molar-refractivity contribution < 1.29 is 0 Å². The summed E-state index contributed by atoms with van der Waals surface area (Å²) in [5.74, 6) is 0. The van der Waals surface area contributed by atoms with E-state index in [9.17, 15) is 0 Å². The van der Waals surface area contributed by atoms with Crippen molar-refractivity contribution in [2.45, 2.75) is 51.4 Å². The van der Waals surface area contributed by atoms with Gasteiger partial charge in [-0.05, 0) is 24.2 Å². The predicted octanol–water partition coefficient (Wildman–Crippen LogP) is 4.23. The molecule has 1 aromatic heterocycles. The molecule has 1 rings (SSSR count). The summed E-state index contributed by atoms with van der Waals surface area (Å²) in [6.45, 7) is 16.9. The smallest absolute Gasteiger partial charge is 0.0513 e. The quantitative estimate of drug-likeness (QED) is 0.733. The molecular formula is C13H25NSi2. The maximum absolute atomic E-state index is 4.78. The lowest BCUT2D eigenvalue weighted by molar-refractivity contribution is 1.03. The third-order valence-corrected chi connectivity index (χ3v) is 12.2. The van der Waals surface area contributed by atoms with Gasteiger partial charge in [0.15, 0.2) is 0 Å². The van der Waals surface area contributed by atoms with Gasteiger partial charge in [-0.1, -0.05) is 45.3 Å². The van der Waals surface area contributed by atoms with Crippen molar-refractivity contribution >= 4 is 16.1 Å². The minimum Gasteiger partial charge on any atom is -0.259 e. The zero-order valence-electron chi connectivity index (χ0n) is 11.8. The van der Waals surface area contributed by atoms with E-state index >= 15 is 0 Å². The van der Waals surface area contributed by atoms with Crippen molar-refractivity contribution in [3.8, 4) is 0 Å². The van der Waals surface area contributed by atoms with Gasteiger partial charge in [-0.15, -0.1) is 0 Å². The standard InChI is InChI=1S/C13H25NSi2/c1-11-9-8-10-12(14-11)13(15(2,3)4)16(5,6)7/h8-10,13H,1-7H3. The van der Waals surface area contributed by atoms with Crippen LogP contribution in [0.1, 0.15) is 16.6 Å². The highest BCUT2D eigenvalue weighted by molar-refractivity contribution is 6.96. The van der Waals surface area contributed by atoms with Gasteiger partial charge in [0.2, 0.25) is 0 Å². The summed E-state index contributed by atoms with van der Waals surface area (Å²) in [6.07, 6.45) is 0. The highest BCUT2D eigenvalue weighted by Crippen LogP contribution is 2.34. The Morgan fingerprint density at radius 3 is 1.81 bits per heavy atom. The maximum Gasteiger partial charge on any atom is 0.0513 e. The topological polar surface area (TPSA) is 12.9 Å². The molecule has 1 aromatic rings. The Balaban J connectivity index is 3.23. The van der Waals surface area contributed by atoms with Crippen molar-refractivity contribution in [2.24, 2.45) is 0 Å². The van der Waals surface area contributed by atoms with Crippen molar-refractivity contribution in [3.63, 3.8) is 0 Å². The third-order valence-electron chi connectivity index (χ3n) is 2.94. The number of nitrogens with zero attached hydrogens (tertiary/aromatic N) is 1. The second-order valence-corrected chi connectivity index (χ2v) is 18.1. The third kappa shape index (κ3) is 3.29. The highest BCUT2D eigenvalue weighted by Gasteiger charge is 2.39. The Bertz CT molecular complexity index is 347. The first kappa shape index (κ1) is 13.6. The normalized spacial score (nSPS) is 13.2. The molecule has 0 aliphatic heterocycles. The summed E-state index contributed by atoms with van der Waals surface area (Å²) in [5, 5.41) is 0.750. The minimum absolute atomic E-state index is 0.750. The molecule has 0 aromatic carbocycles. The lowest BCUT2D eigenvalue weighted by Crippen LogP contribution is -2.46. The molecule has 0 aliphatic carbocycles. The lowest BCUT2D eigenvalue weighted by atomic mass is 10.3. The second-order valence-electron chi connectivity index (χ2n) is 6.87. The fraction of sp³-hybridized carbons (Fsp3) is 0.615. The summed E-state index contributed by atoms with van der Waals surface area (Å²) in [4.78, 5) is 4.78. The number of rotatable bonds is 3. The van der Waals surface area contributed by atoms with Gasteiger partial charge in [0.25, 0.3) is 0 Å². The maximum atomic E-state index is 4.78. The van der Waals surface area contributed by atoms with Crippen LogP contribution in [-0.4, -0.2) is 21.1 Å². The average Bonchev–Trinajstić information content (AvgIpc) is 1.97. The largest absolute Gasteiger partial charge is 0.259 e. The molecule has 0 bridgehead atoms. The summed E-state index contributed by atoms with van der Waals surface area (Å²) in [6, 6.07) is 6.48. The SMILES string of the molecule is Cc1cccc(C([Si](C)(C)C)[Si](C)(C)C)n1.